The van der Waals surface area contributed by atoms with Gasteiger partial charge in [0.2, 0.25) is 0 Å². The summed E-state index contributed by atoms with van der Waals surface area (Å²) in [5, 5.41) is 2.09. The number of aromatic nitrogens is 1. The van der Waals surface area contributed by atoms with Gasteiger partial charge in [0, 0.05) is 22.9 Å². The maximum Gasteiger partial charge on any atom is 0.339 e. The van der Waals surface area contributed by atoms with Crippen LogP contribution in [0.2, 0.25) is 5.15 Å². The summed E-state index contributed by atoms with van der Waals surface area (Å²) < 4.78 is 29.5. The van der Waals surface area contributed by atoms with Gasteiger partial charge in [-0.25, -0.2) is 18.2 Å². The Bertz CT molecular complexity index is 1020. The van der Waals surface area contributed by atoms with Gasteiger partial charge in [-0.1, -0.05) is 42.4 Å². The molecule has 2 heterocycles. The van der Waals surface area contributed by atoms with Gasteiger partial charge in [0.15, 0.2) is 20.8 Å². The van der Waals surface area contributed by atoms with Gasteiger partial charge < -0.3 is 9.64 Å². The number of nitrogens with zero attached hydrogens (tertiary/aromatic N) is 2. The molecule has 1 atom stereocenters. The van der Waals surface area contributed by atoms with Crippen LogP contribution >= 0.6 is 34.7 Å². The van der Waals surface area contributed by atoms with E-state index < -0.39 is 22.4 Å². The Labute approximate surface area is 188 Å². The number of amides is 1. The van der Waals surface area contributed by atoms with E-state index in [-0.39, 0.29) is 23.5 Å². The summed E-state index contributed by atoms with van der Waals surface area (Å²) in [6.07, 6.45) is 1.10. The highest BCUT2D eigenvalue weighted by atomic mass is 35.5. The molecule has 11 heteroatoms. The predicted octanol–water partition coefficient (Wildman–Crippen LogP) is 3.53. The van der Waals surface area contributed by atoms with Gasteiger partial charge in [0.25, 0.3) is 5.91 Å². The second-order valence-corrected chi connectivity index (χ2v) is 11.5. The summed E-state index contributed by atoms with van der Waals surface area (Å²) in [6.45, 7) is 1.90. The molecule has 1 saturated heterocycles. The van der Waals surface area contributed by atoms with Crippen molar-refractivity contribution in [2.45, 2.75) is 35.0 Å². The molecule has 1 amide bonds. The van der Waals surface area contributed by atoms with Crippen LogP contribution in [0.4, 0.5) is 0 Å². The number of benzene rings is 1. The van der Waals surface area contributed by atoms with Crippen molar-refractivity contribution in [1.82, 2.24) is 9.88 Å². The summed E-state index contributed by atoms with van der Waals surface area (Å²) in [5.74, 6) is -0.965. The van der Waals surface area contributed by atoms with Crippen molar-refractivity contribution in [2.75, 3.05) is 24.7 Å². The third-order valence-corrected chi connectivity index (χ3v) is 8.61. The number of ether oxygens (including phenoxy) is 1. The first-order chi connectivity index (χ1) is 14.3. The number of hydrogen-bond donors (Lipinski definition) is 0. The van der Waals surface area contributed by atoms with E-state index in [9.17, 15) is 18.0 Å². The van der Waals surface area contributed by atoms with E-state index in [1.54, 1.807) is 29.6 Å². The lowest BCUT2D eigenvalue weighted by molar-refractivity contribution is -0.136. The normalized spacial score (nSPS) is 17.6. The van der Waals surface area contributed by atoms with Crippen LogP contribution in [0.15, 0.2) is 38.9 Å². The molecule has 30 heavy (non-hydrogen) atoms. The molecule has 162 valence electrons. The smallest absolute Gasteiger partial charge is 0.339 e. The van der Waals surface area contributed by atoms with E-state index >= 15 is 0 Å². The second kappa shape index (κ2) is 10.1. The van der Waals surface area contributed by atoms with Crippen LogP contribution in [0.3, 0.4) is 0 Å². The molecule has 7 nitrogen and oxygen atoms in total. The Hall–Kier alpha value is -1.62. The van der Waals surface area contributed by atoms with E-state index in [4.69, 9.17) is 16.3 Å². The largest absolute Gasteiger partial charge is 0.452 e. The number of sulfone groups is 1. The van der Waals surface area contributed by atoms with E-state index in [0.29, 0.717) is 39.3 Å². The first kappa shape index (κ1) is 23.1. The highest BCUT2D eigenvalue weighted by molar-refractivity contribution is 8.01. The number of carbonyl (C=O) groups is 2. The average Bonchev–Trinajstić information content (AvgIpc) is 3.28. The molecule has 0 N–H and O–H groups in total. The van der Waals surface area contributed by atoms with Crippen molar-refractivity contribution < 1.29 is 22.7 Å². The minimum atomic E-state index is -3.12. The molecule has 1 aliphatic rings. The molecule has 0 saturated carbocycles. The first-order valence-corrected chi connectivity index (χ1v) is 13.2. The number of thiazole rings is 1. The molecular weight excluding hydrogens is 468 g/mol. The Morgan fingerprint density at radius 3 is 2.77 bits per heavy atom. The van der Waals surface area contributed by atoms with Crippen LogP contribution in [0.5, 0.6) is 0 Å². The van der Waals surface area contributed by atoms with Crippen molar-refractivity contribution in [3.05, 3.63) is 40.4 Å². The summed E-state index contributed by atoms with van der Waals surface area (Å²) in [4.78, 5) is 31.6. The highest BCUT2D eigenvalue weighted by Gasteiger charge is 2.34. The monoisotopic (exact) mass is 488 g/mol. The minimum absolute atomic E-state index is 0.0392. The average molecular weight is 489 g/mol. The molecule has 0 aliphatic carbocycles. The zero-order valence-corrected chi connectivity index (χ0v) is 19.5. The third-order valence-electron chi connectivity index (χ3n) is 4.52. The molecule has 2 aromatic rings. The fourth-order valence-electron chi connectivity index (χ4n) is 3.17. The quantitative estimate of drug-likeness (QED) is 0.524. The molecule has 0 spiro atoms. The third kappa shape index (κ3) is 5.96. The Morgan fingerprint density at radius 1 is 1.37 bits per heavy atom. The summed E-state index contributed by atoms with van der Waals surface area (Å²) in [6, 6.07) is 6.54. The van der Waals surface area contributed by atoms with Gasteiger partial charge in [-0.3, -0.25) is 4.79 Å². The summed E-state index contributed by atoms with van der Waals surface area (Å²) in [5.41, 5.74) is 0.326. The molecule has 1 fully saturated rings. The van der Waals surface area contributed by atoms with Gasteiger partial charge in [-0.05, 0) is 25.0 Å². The van der Waals surface area contributed by atoms with Crippen LogP contribution in [0.25, 0.3) is 0 Å². The van der Waals surface area contributed by atoms with Gasteiger partial charge in [-0.2, -0.15) is 0 Å². The van der Waals surface area contributed by atoms with Gasteiger partial charge in [0.1, 0.15) is 5.15 Å². The SMILES string of the molecule is CCCN(C(=O)COC(=O)c1ccccc1Sc1nc(Cl)cs1)C1CCS(=O)(=O)C1. The lowest BCUT2D eigenvalue weighted by Gasteiger charge is -2.27. The summed E-state index contributed by atoms with van der Waals surface area (Å²) in [7, 11) is -3.12. The maximum atomic E-state index is 12.7. The summed E-state index contributed by atoms with van der Waals surface area (Å²) >= 11 is 8.51. The second-order valence-electron chi connectivity index (χ2n) is 6.75. The van der Waals surface area contributed by atoms with Crippen molar-refractivity contribution in [1.29, 1.82) is 0 Å². The topological polar surface area (TPSA) is 93.6 Å². The number of hydrogen-bond acceptors (Lipinski definition) is 8. The van der Waals surface area contributed by atoms with Gasteiger partial charge >= 0.3 is 5.97 Å². The minimum Gasteiger partial charge on any atom is -0.452 e. The van der Waals surface area contributed by atoms with Crippen molar-refractivity contribution in [3.63, 3.8) is 0 Å². The molecule has 0 radical (unpaired) electrons. The number of rotatable bonds is 8. The molecule has 1 aliphatic heterocycles. The standard InChI is InChI=1S/C19H21ClN2O5S3/c1-2-8-22(13-7-9-30(25,26)12-13)17(23)10-27-18(24)14-5-3-4-6-15(14)29-19-21-16(20)11-28-19/h3-6,11,13H,2,7-10,12H2,1H3. The molecule has 1 aromatic heterocycles. The molecule has 3 rings (SSSR count). The van der Waals surface area contributed by atoms with Crippen LogP contribution in [-0.2, 0) is 19.4 Å². The Morgan fingerprint density at radius 2 is 2.13 bits per heavy atom. The van der Waals surface area contributed by atoms with Crippen LogP contribution in [0.1, 0.15) is 30.1 Å². The lowest BCUT2D eigenvalue weighted by Crippen LogP contribution is -2.43. The number of carbonyl (C=O) groups excluding carboxylic acids is 2. The highest BCUT2D eigenvalue weighted by Crippen LogP contribution is 2.33. The van der Waals surface area contributed by atoms with Crippen LogP contribution in [-0.4, -0.2) is 60.9 Å². The fraction of sp³-hybridized carbons (Fsp3) is 0.421. The van der Waals surface area contributed by atoms with Crippen LogP contribution in [0, 0.1) is 0 Å². The van der Waals surface area contributed by atoms with Crippen molar-refractivity contribution in [3.8, 4) is 0 Å². The van der Waals surface area contributed by atoms with E-state index in [2.05, 4.69) is 4.98 Å². The van der Waals surface area contributed by atoms with E-state index in [1.807, 2.05) is 6.92 Å². The first-order valence-electron chi connectivity index (χ1n) is 9.34. The van der Waals surface area contributed by atoms with Crippen molar-refractivity contribution in [2.24, 2.45) is 0 Å². The van der Waals surface area contributed by atoms with Gasteiger partial charge in [-0.15, -0.1) is 11.3 Å². The van der Waals surface area contributed by atoms with Crippen LogP contribution < -0.4 is 0 Å². The van der Waals surface area contributed by atoms with Crippen molar-refractivity contribution >= 4 is 56.4 Å². The predicted molar refractivity (Wildman–Crippen MR) is 117 cm³/mol. The molecule has 0 bridgehead atoms. The number of halogens is 1. The molecule has 1 unspecified atom stereocenters. The maximum absolute atomic E-state index is 12.7. The number of esters is 1. The van der Waals surface area contributed by atoms with Gasteiger partial charge in [0.05, 0.1) is 17.1 Å². The molecule has 1 aromatic carbocycles. The lowest BCUT2D eigenvalue weighted by atomic mass is 10.2. The Kier molecular flexibility index (Phi) is 7.78. The zero-order valence-electron chi connectivity index (χ0n) is 16.2. The molecular formula is C19H21ClN2O5S3. The zero-order chi connectivity index (χ0) is 21.7. The Balaban J connectivity index is 1.65. The van der Waals surface area contributed by atoms with E-state index in [1.165, 1.54) is 28.0 Å². The fourth-order valence-corrected chi connectivity index (χ4v) is 6.96. The van der Waals surface area contributed by atoms with E-state index in [0.717, 1.165) is 0 Å².